The van der Waals surface area contributed by atoms with Crippen LogP contribution in [0.4, 0.5) is 0 Å². The maximum Gasteiger partial charge on any atom is 0.138 e. The molecule has 0 amide bonds. The van der Waals surface area contributed by atoms with E-state index in [9.17, 15) is 5.26 Å². The zero-order valence-electron chi connectivity index (χ0n) is 27.3. The van der Waals surface area contributed by atoms with Gasteiger partial charge in [-0.1, -0.05) is 84.9 Å². The summed E-state index contributed by atoms with van der Waals surface area (Å²) >= 11 is 0. The van der Waals surface area contributed by atoms with E-state index < -0.39 is 0 Å². The Labute approximate surface area is 288 Å². The van der Waals surface area contributed by atoms with Gasteiger partial charge in [0.2, 0.25) is 0 Å². The molecule has 3 aromatic heterocycles. The number of rotatable bonds is 6. The standard InChI is InChI=1S/C46H31N3O/c47-29-31-21-26-45-40(27-31)38-15-8-11-32(46(38)50-45)10-7-9-30-19-22-33(23-20-30)48-43-18-6-3-14-37(43)39-28-34(24-25-44(39)48)49-41-16-4-1-12-35(41)36-13-2-5-17-42(36)49/h1-6,8,11-28H,7,9-10H2. The molecule has 0 spiro atoms. The molecule has 0 unspecified atom stereocenters. The van der Waals surface area contributed by atoms with Crippen LogP contribution in [-0.2, 0) is 12.8 Å². The van der Waals surface area contributed by atoms with Crippen LogP contribution in [0.25, 0.3) is 76.9 Å². The van der Waals surface area contributed by atoms with Crippen LogP contribution in [0.3, 0.4) is 0 Å². The maximum absolute atomic E-state index is 9.37. The van der Waals surface area contributed by atoms with E-state index >= 15 is 0 Å². The Morgan fingerprint density at radius 2 is 1.08 bits per heavy atom. The molecule has 50 heavy (non-hydrogen) atoms. The number of aromatic nitrogens is 2. The molecule has 0 aliphatic rings. The van der Waals surface area contributed by atoms with Gasteiger partial charge in [0, 0.05) is 43.7 Å². The molecule has 236 valence electrons. The van der Waals surface area contributed by atoms with Gasteiger partial charge in [0.25, 0.3) is 0 Å². The van der Waals surface area contributed by atoms with Gasteiger partial charge in [-0.15, -0.1) is 0 Å². The van der Waals surface area contributed by atoms with Crippen LogP contribution in [-0.4, -0.2) is 9.13 Å². The largest absolute Gasteiger partial charge is 0.456 e. The van der Waals surface area contributed by atoms with E-state index in [4.69, 9.17) is 4.42 Å². The zero-order chi connectivity index (χ0) is 33.2. The molecule has 7 aromatic carbocycles. The highest BCUT2D eigenvalue weighted by molar-refractivity contribution is 6.12. The van der Waals surface area contributed by atoms with Crippen LogP contribution < -0.4 is 0 Å². The van der Waals surface area contributed by atoms with Gasteiger partial charge in [0.15, 0.2) is 0 Å². The number of hydrogen-bond donors (Lipinski definition) is 0. The summed E-state index contributed by atoms with van der Waals surface area (Å²) in [4.78, 5) is 0. The lowest BCUT2D eigenvalue weighted by molar-refractivity contribution is 0.659. The third-order valence-corrected chi connectivity index (χ3v) is 10.3. The van der Waals surface area contributed by atoms with E-state index in [-0.39, 0.29) is 0 Å². The molecule has 0 atom stereocenters. The Bertz CT molecular complexity index is 2910. The number of benzene rings is 7. The predicted molar refractivity (Wildman–Crippen MR) is 206 cm³/mol. The van der Waals surface area contributed by atoms with E-state index in [0.717, 1.165) is 46.9 Å². The quantitative estimate of drug-likeness (QED) is 0.181. The Morgan fingerprint density at radius 3 is 1.78 bits per heavy atom. The number of furan rings is 1. The first-order valence-corrected chi connectivity index (χ1v) is 17.2. The number of nitriles is 1. The first-order valence-electron chi connectivity index (χ1n) is 17.2. The Hall–Kier alpha value is -6.57. The summed E-state index contributed by atoms with van der Waals surface area (Å²) in [7, 11) is 0. The molecule has 0 aliphatic carbocycles. The van der Waals surface area contributed by atoms with Crippen molar-refractivity contribution in [2.45, 2.75) is 19.3 Å². The minimum atomic E-state index is 0.652. The van der Waals surface area contributed by atoms with Crippen molar-refractivity contribution in [1.82, 2.24) is 9.13 Å². The van der Waals surface area contributed by atoms with Gasteiger partial charge in [-0.05, 0) is 97.1 Å². The Morgan fingerprint density at radius 1 is 0.480 bits per heavy atom. The molecule has 0 saturated heterocycles. The van der Waals surface area contributed by atoms with Crippen molar-refractivity contribution < 1.29 is 4.42 Å². The molecule has 0 N–H and O–H groups in total. The van der Waals surface area contributed by atoms with Gasteiger partial charge in [0.05, 0.1) is 33.7 Å². The molecule has 0 radical (unpaired) electrons. The number of fused-ring (bicyclic) bond motifs is 9. The van der Waals surface area contributed by atoms with Gasteiger partial charge >= 0.3 is 0 Å². The van der Waals surface area contributed by atoms with Gasteiger partial charge in [-0.25, -0.2) is 0 Å². The van der Waals surface area contributed by atoms with Gasteiger partial charge in [-0.2, -0.15) is 5.26 Å². The van der Waals surface area contributed by atoms with Crippen LogP contribution in [0.2, 0.25) is 0 Å². The molecule has 0 fully saturated rings. The average Bonchev–Trinajstić information content (AvgIpc) is 3.83. The van der Waals surface area contributed by atoms with Crippen molar-refractivity contribution in [2.24, 2.45) is 0 Å². The van der Waals surface area contributed by atoms with Crippen LogP contribution >= 0.6 is 0 Å². The Kier molecular flexibility index (Phi) is 6.40. The van der Waals surface area contributed by atoms with Crippen molar-refractivity contribution in [2.75, 3.05) is 0 Å². The molecule has 10 rings (SSSR count). The fourth-order valence-electron chi connectivity index (χ4n) is 8.00. The Balaban J connectivity index is 0.968. The first-order chi connectivity index (χ1) is 24.7. The van der Waals surface area contributed by atoms with Gasteiger partial charge < -0.3 is 13.6 Å². The van der Waals surface area contributed by atoms with Crippen LogP contribution in [0.15, 0.2) is 156 Å². The first kappa shape index (κ1) is 28.4. The number of para-hydroxylation sites is 4. The zero-order valence-corrected chi connectivity index (χ0v) is 27.3. The fourth-order valence-corrected chi connectivity index (χ4v) is 8.00. The smallest absolute Gasteiger partial charge is 0.138 e. The van der Waals surface area contributed by atoms with Crippen LogP contribution in [0.5, 0.6) is 0 Å². The normalized spacial score (nSPS) is 11.8. The molecule has 4 heteroatoms. The number of aryl methyl sites for hydroxylation is 2. The highest BCUT2D eigenvalue weighted by Gasteiger charge is 2.16. The third kappa shape index (κ3) is 4.37. The van der Waals surface area contributed by atoms with E-state index in [1.165, 1.54) is 60.4 Å². The summed E-state index contributed by atoms with van der Waals surface area (Å²) in [6.07, 6.45) is 2.91. The van der Waals surface area contributed by atoms with Crippen molar-refractivity contribution in [3.05, 3.63) is 168 Å². The van der Waals surface area contributed by atoms with Crippen molar-refractivity contribution in [1.29, 1.82) is 5.26 Å². The maximum atomic E-state index is 9.37. The number of hydrogen-bond acceptors (Lipinski definition) is 2. The summed E-state index contributed by atoms with van der Waals surface area (Å²) in [6.45, 7) is 0. The second-order valence-electron chi connectivity index (χ2n) is 13.2. The minimum Gasteiger partial charge on any atom is -0.456 e. The highest BCUT2D eigenvalue weighted by Crippen LogP contribution is 2.37. The van der Waals surface area contributed by atoms with Gasteiger partial charge in [0.1, 0.15) is 11.2 Å². The minimum absolute atomic E-state index is 0.652. The molecular formula is C46H31N3O. The van der Waals surface area contributed by atoms with E-state index in [2.05, 4.69) is 149 Å². The molecule has 4 nitrogen and oxygen atoms in total. The summed E-state index contributed by atoms with van der Waals surface area (Å²) in [5.74, 6) is 0. The van der Waals surface area contributed by atoms with E-state index in [1.807, 2.05) is 18.2 Å². The highest BCUT2D eigenvalue weighted by atomic mass is 16.3. The molecule has 0 aliphatic heterocycles. The second kappa shape index (κ2) is 11.3. The SMILES string of the molecule is N#Cc1ccc2oc3c(CCCc4ccc(-n5c6ccccc6c6cc(-n7c8ccccc8c8ccccc87)ccc65)cc4)cccc3c2c1. The van der Waals surface area contributed by atoms with Crippen molar-refractivity contribution >= 4 is 65.6 Å². The average molecular weight is 642 g/mol. The third-order valence-electron chi connectivity index (χ3n) is 10.3. The second-order valence-corrected chi connectivity index (χ2v) is 13.2. The molecular weight excluding hydrogens is 611 g/mol. The van der Waals surface area contributed by atoms with Gasteiger partial charge in [-0.3, -0.25) is 0 Å². The molecule has 0 bridgehead atoms. The number of nitrogens with zero attached hydrogens (tertiary/aromatic N) is 3. The van der Waals surface area contributed by atoms with E-state index in [0.29, 0.717) is 5.56 Å². The van der Waals surface area contributed by atoms with Crippen molar-refractivity contribution in [3.8, 4) is 17.4 Å². The lowest BCUT2D eigenvalue weighted by atomic mass is 10.0. The molecule has 3 heterocycles. The fraction of sp³-hybridized carbons (Fsp3) is 0.0652. The van der Waals surface area contributed by atoms with Crippen molar-refractivity contribution in [3.63, 3.8) is 0 Å². The summed E-state index contributed by atoms with van der Waals surface area (Å²) < 4.78 is 11.1. The topological polar surface area (TPSA) is 46.8 Å². The molecule has 10 aromatic rings. The van der Waals surface area contributed by atoms with E-state index in [1.54, 1.807) is 0 Å². The lowest BCUT2D eigenvalue weighted by Crippen LogP contribution is -1.96. The molecule has 0 saturated carbocycles. The summed E-state index contributed by atoms with van der Waals surface area (Å²) in [6, 6.07) is 56.3. The monoisotopic (exact) mass is 641 g/mol. The summed E-state index contributed by atoms with van der Waals surface area (Å²) in [5.41, 5.74) is 12.1. The van der Waals surface area contributed by atoms with Crippen LogP contribution in [0, 0.1) is 11.3 Å². The predicted octanol–water partition coefficient (Wildman–Crippen LogP) is 11.8. The van der Waals surface area contributed by atoms with Crippen LogP contribution in [0.1, 0.15) is 23.1 Å². The lowest BCUT2D eigenvalue weighted by Gasteiger charge is -2.11. The summed E-state index contributed by atoms with van der Waals surface area (Å²) in [5, 5.41) is 16.5.